The van der Waals surface area contributed by atoms with Crippen LogP contribution in [-0.4, -0.2) is 31.8 Å². The fourth-order valence-electron chi connectivity index (χ4n) is 3.75. The van der Waals surface area contributed by atoms with Gasteiger partial charge in [0.2, 0.25) is 5.91 Å². The molecular weight excluding hydrogens is 364 g/mol. The van der Waals surface area contributed by atoms with Crippen molar-refractivity contribution < 1.29 is 4.79 Å². The van der Waals surface area contributed by atoms with Crippen molar-refractivity contribution in [2.24, 2.45) is 0 Å². The number of aromatic nitrogens is 3. The highest BCUT2D eigenvalue weighted by molar-refractivity contribution is 5.90. The molecule has 0 fully saturated rings. The number of H-pyrrole nitrogens is 2. The summed E-state index contributed by atoms with van der Waals surface area (Å²) in [6.07, 6.45) is 0.297. The maximum Gasteiger partial charge on any atom is 0.258 e. The van der Waals surface area contributed by atoms with E-state index in [1.807, 2.05) is 63.2 Å². The number of amides is 1. The molecule has 0 saturated heterocycles. The van der Waals surface area contributed by atoms with Gasteiger partial charge in [-0.2, -0.15) is 0 Å². The number of nitrogens with zero attached hydrogens (tertiary/aromatic N) is 2. The number of aromatic amines is 2. The van der Waals surface area contributed by atoms with Gasteiger partial charge < -0.3 is 14.9 Å². The topological polar surface area (TPSA) is 81.8 Å². The number of aryl methyl sites for hydroxylation is 1. The lowest BCUT2D eigenvalue weighted by Crippen LogP contribution is -2.38. The summed E-state index contributed by atoms with van der Waals surface area (Å²) < 4.78 is 0. The van der Waals surface area contributed by atoms with Crippen molar-refractivity contribution in [3.8, 4) is 0 Å². The van der Waals surface area contributed by atoms with Gasteiger partial charge in [-0.05, 0) is 44.5 Å². The maximum atomic E-state index is 13.2. The Hall–Kier alpha value is -3.41. The lowest BCUT2D eigenvalue weighted by atomic mass is 10.1. The van der Waals surface area contributed by atoms with Crippen molar-refractivity contribution in [3.05, 3.63) is 76.0 Å². The molecule has 0 radical (unpaired) electrons. The van der Waals surface area contributed by atoms with Crippen LogP contribution in [0.4, 0.5) is 0 Å². The monoisotopic (exact) mass is 388 g/mol. The maximum absolute atomic E-state index is 13.2. The van der Waals surface area contributed by atoms with Gasteiger partial charge in [-0.3, -0.25) is 9.59 Å². The number of hydrogen-bond acceptors (Lipinski definition) is 3. The Kier molecular flexibility index (Phi) is 4.92. The fraction of sp³-hybridized carbons (Fsp3) is 0.261. The molecule has 0 atom stereocenters. The van der Waals surface area contributed by atoms with Crippen LogP contribution >= 0.6 is 0 Å². The van der Waals surface area contributed by atoms with E-state index in [0.717, 1.165) is 22.2 Å². The van der Waals surface area contributed by atoms with E-state index in [1.54, 1.807) is 11.0 Å². The van der Waals surface area contributed by atoms with Crippen LogP contribution in [0, 0.1) is 6.92 Å². The van der Waals surface area contributed by atoms with E-state index in [2.05, 4.69) is 15.0 Å². The van der Waals surface area contributed by atoms with E-state index in [9.17, 15) is 9.59 Å². The van der Waals surface area contributed by atoms with Gasteiger partial charge in [-0.25, -0.2) is 4.98 Å². The van der Waals surface area contributed by atoms with Gasteiger partial charge in [0.1, 0.15) is 5.82 Å². The molecule has 2 aromatic heterocycles. The molecule has 2 aromatic carbocycles. The van der Waals surface area contributed by atoms with Crippen molar-refractivity contribution in [1.82, 2.24) is 19.9 Å². The van der Waals surface area contributed by atoms with Crippen molar-refractivity contribution in [3.63, 3.8) is 0 Å². The lowest BCUT2D eigenvalue weighted by molar-refractivity contribution is -0.132. The third-order valence-electron chi connectivity index (χ3n) is 5.28. The predicted octanol–water partition coefficient (Wildman–Crippen LogP) is 3.69. The van der Waals surface area contributed by atoms with E-state index in [4.69, 9.17) is 0 Å². The van der Waals surface area contributed by atoms with Crippen LogP contribution < -0.4 is 5.56 Å². The number of hydrogen-bond donors (Lipinski definition) is 2. The van der Waals surface area contributed by atoms with Gasteiger partial charge >= 0.3 is 0 Å². The Morgan fingerprint density at radius 1 is 1.03 bits per heavy atom. The highest BCUT2D eigenvalue weighted by atomic mass is 16.2. The molecule has 29 heavy (non-hydrogen) atoms. The molecule has 148 valence electrons. The zero-order chi connectivity index (χ0) is 20.5. The summed E-state index contributed by atoms with van der Waals surface area (Å²) in [5, 5.41) is 1.62. The van der Waals surface area contributed by atoms with E-state index >= 15 is 0 Å². The Bertz CT molecular complexity index is 1250. The molecule has 4 rings (SSSR count). The average Bonchev–Trinajstić information content (AvgIpc) is 3.01. The number of benzene rings is 2. The number of fused-ring (bicyclic) bond motifs is 2. The second-order valence-electron chi connectivity index (χ2n) is 7.60. The molecule has 0 bridgehead atoms. The number of carbonyl (C=O) groups excluding carboxylic acids is 1. The molecule has 4 aromatic rings. The lowest BCUT2D eigenvalue weighted by Gasteiger charge is -2.26. The largest absolute Gasteiger partial charge is 0.358 e. The van der Waals surface area contributed by atoms with Crippen molar-refractivity contribution in [1.29, 1.82) is 0 Å². The normalized spacial score (nSPS) is 11.4. The zero-order valence-corrected chi connectivity index (χ0v) is 16.8. The first-order valence-corrected chi connectivity index (χ1v) is 9.77. The molecule has 0 aliphatic carbocycles. The number of carbonyl (C=O) groups is 1. The number of nitrogens with one attached hydrogen (secondary N) is 2. The molecule has 0 aliphatic rings. The van der Waals surface area contributed by atoms with Crippen LogP contribution in [0.2, 0.25) is 0 Å². The Balaban J connectivity index is 1.63. The zero-order valence-electron chi connectivity index (χ0n) is 16.8. The summed E-state index contributed by atoms with van der Waals surface area (Å²) in [6.45, 7) is 6.20. The van der Waals surface area contributed by atoms with Gasteiger partial charge in [0.25, 0.3) is 5.56 Å². The van der Waals surface area contributed by atoms with Crippen LogP contribution in [0.25, 0.3) is 21.8 Å². The van der Waals surface area contributed by atoms with Gasteiger partial charge in [-0.1, -0.05) is 30.3 Å². The first kappa shape index (κ1) is 18.9. The predicted molar refractivity (Wildman–Crippen MR) is 115 cm³/mol. The first-order chi connectivity index (χ1) is 13.9. The summed E-state index contributed by atoms with van der Waals surface area (Å²) in [7, 11) is 0. The summed E-state index contributed by atoms with van der Waals surface area (Å²) in [4.78, 5) is 38.0. The van der Waals surface area contributed by atoms with Crippen LogP contribution in [0.15, 0.2) is 53.3 Å². The highest BCUT2D eigenvalue weighted by Gasteiger charge is 2.21. The molecule has 0 saturated carbocycles. The van der Waals surface area contributed by atoms with Gasteiger partial charge in [0.15, 0.2) is 0 Å². The van der Waals surface area contributed by atoms with Gasteiger partial charge in [0.05, 0.1) is 23.9 Å². The second kappa shape index (κ2) is 7.54. The Morgan fingerprint density at radius 2 is 1.72 bits per heavy atom. The standard InChI is InChI=1S/C23H24N4O2/c1-14(2)27(13-21-25-20-11-7-5-9-17(20)23(29)26-21)22(28)12-18-15(3)24-19-10-6-4-8-16(18)19/h4-11,14,24H,12-13H2,1-3H3,(H,25,26,29). The minimum Gasteiger partial charge on any atom is -0.358 e. The molecule has 0 unspecified atom stereocenters. The molecular formula is C23H24N4O2. The molecule has 2 heterocycles. The number of rotatable bonds is 5. The molecule has 2 N–H and O–H groups in total. The smallest absolute Gasteiger partial charge is 0.258 e. The Labute approximate surface area is 168 Å². The van der Waals surface area contributed by atoms with E-state index in [0.29, 0.717) is 23.1 Å². The van der Waals surface area contributed by atoms with Crippen molar-refractivity contribution >= 4 is 27.7 Å². The van der Waals surface area contributed by atoms with Gasteiger partial charge in [0, 0.05) is 22.6 Å². The van der Waals surface area contributed by atoms with Crippen LogP contribution in [0.1, 0.15) is 30.9 Å². The fourth-order valence-corrected chi connectivity index (χ4v) is 3.75. The molecule has 6 heteroatoms. The summed E-state index contributed by atoms with van der Waals surface area (Å²) >= 11 is 0. The number of para-hydroxylation sites is 2. The third-order valence-corrected chi connectivity index (χ3v) is 5.28. The van der Waals surface area contributed by atoms with Crippen molar-refractivity contribution in [2.75, 3.05) is 0 Å². The summed E-state index contributed by atoms with van der Waals surface area (Å²) in [5.41, 5.74) is 3.49. The van der Waals surface area contributed by atoms with E-state index in [1.165, 1.54) is 0 Å². The SMILES string of the molecule is Cc1[nH]c2ccccc2c1CC(=O)N(Cc1nc2ccccc2c(=O)[nH]1)C(C)C. The quantitative estimate of drug-likeness (QED) is 0.547. The first-order valence-electron chi connectivity index (χ1n) is 9.77. The van der Waals surface area contributed by atoms with E-state index < -0.39 is 0 Å². The highest BCUT2D eigenvalue weighted by Crippen LogP contribution is 2.23. The average molecular weight is 388 g/mol. The third kappa shape index (κ3) is 3.66. The van der Waals surface area contributed by atoms with Crippen LogP contribution in [0.3, 0.4) is 0 Å². The molecule has 6 nitrogen and oxygen atoms in total. The Morgan fingerprint density at radius 3 is 2.48 bits per heavy atom. The molecule has 0 aliphatic heterocycles. The summed E-state index contributed by atoms with van der Waals surface area (Å²) in [6, 6.07) is 15.2. The molecule has 1 amide bonds. The van der Waals surface area contributed by atoms with E-state index in [-0.39, 0.29) is 24.1 Å². The van der Waals surface area contributed by atoms with Crippen molar-refractivity contribution in [2.45, 2.75) is 39.8 Å². The minimum atomic E-state index is -0.186. The molecule has 0 spiro atoms. The summed E-state index contributed by atoms with van der Waals surface area (Å²) in [5.74, 6) is 0.495. The second-order valence-corrected chi connectivity index (χ2v) is 7.60. The van der Waals surface area contributed by atoms with Crippen LogP contribution in [0.5, 0.6) is 0 Å². The minimum absolute atomic E-state index is 0.00339. The van der Waals surface area contributed by atoms with Crippen LogP contribution in [-0.2, 0) is 17.8 Å². The van der Waals surface area contributed by atoms with Gasteiger partial charge in [-0.15, -0.1) is 0 Å².